The summed E-state index contributed by atoms with van der Waals surface area (Å²) in [5.74, 6) is 0.0758. The Morgan fingerprint density at radius 2 is 1.48 bits per heavy atom. The molecule has 0 atom stereocenters. The maximum atomic E-state index is 12.1. The molecule has 168 valence electrons. The van der Waals surface area contributed by atoms with Gasteiger partial charge in [-0.25, -0.2) is 13.6 Å². The molecule has 2 aromatic rings. The maximum absolute atomic E-state index is 12.1. The molecule has 31 heavy (non-hydrogen) atoms. The molecule has 0 fully saturated rings. The van der Waals surface area contributed by atoms with Crippen molar-refractivity contribution in [3.63, 3.8) is 0 Å². The van der Waals surface area contributed by atoms with Crippen LogP contribution >= 0.6 is 0 Å². The van der Waals surface area contributed by atoms with E-state index in [0.29, 0.717) is 23.7 Å². The number of unbranched alkanes of at least 4 members (excludes halogenated alkanes) is 1. The van der Waals surface area contributed by atoms with Crippen LogP contribution in [0.2, 0.25) is 0 Å². The molecule has 0 spiro atoms. The topological polar surface area (TPSA) is 134 Å². The summed E-state index contributed by atoms with van der Waals surface area (Å²) in [5.41, 5.74) is 0.405. The Labute approximate surface area is 181 Å². The van der Waals surface area contributed by atoms with Gasteiger partial charge in [0.2, 0.25) is 10.0 Å². The summed E-state index contributed by atoms with van der Waals surface area (Å²) in [6.07, 6.45) is 2.00. The second-order valence-corrected chi connectivity index (χ2v) is 8.06. The summed E-state index contributed by atoms with van der Waals surface area (Å²) in [6.45, 7) is 2.45. The van der Waals surface area contributed by atoms with E-state index in [9.17, 15) is 18.0 Å². The van der Waals surface area contributed by atoms with E-state index in [1.165, 1.54) is 24.3 Å². The summed E-state index contributed by atoms with van der Waals surface area (Å²) >= 11 is 0. The normalized spacial score (nSPS) is 10.9. The van der Waals surface area contributed by atoms with Crippen LogP contribution in [0.25, 0.3) is 0 Å². The fourth-order valence-electron chi connectivity index (χ4n) is 2.38. The molecular formula is C21H26N2O7S. The van der Waals surface area contributed by atoms with Crippen molar-refractivity contribution in [2.75, 3.05) is 26.4 Å². The molecule has 3 N–H and O–H groups in total. The van der Waals surface area contributed by atoms with E-state index in [0.717, 1.165) is 12.8 Å². The van der Waals surface area contributed by atoms with Gasteiger partial charge in [-0.05, 0) is 55.0 Å². The Morgan fingerprint density at radius 3 is 2.06 bits per heavy atom. The molecule has 2 rings (SSSR count). The predicted octanol–water partition coefficient (Wildman–Crippen LogP) is 1.86. The van der Waals surface area contributed by atoms with Crippen molar-refractivity contribution in [2.45, 2.75) is 24.7 Å². The molecule has 0 radical (unpaired) electrons. The summed E-state index contributed by atoms with van der Waals surface area (Å²) in [4.78, 5) is 23.8. The summed E-state index contributed by atoms with van der Waals surface area (Å²) < 4.78 is 38.3. The monoisotopic (exact) mass is 450 g/mol. The molecule has 0 saturated carbocycles. The number of ether oxygens (including phenoxy) is 3. The van der Waals surface area contributed by atoms with Crippen molar-refractivity contribution in [3.05, 3.63) is 54.1 Å². The minimum absolute atomic E-state index is 0.0271. The summed E-state index contributed by atoms with van der Waals surface area (Å²) in [7, 11) is -3.76. The molecule has 0 aliphatic heterocycles. The highest BCUT2D eigenvalue weighted by Gasteiger charge is 2.10. The fourth-order valence-corrected chi connectivity index (χ4v) is 2.90. The van der Waals surface area contributed by atoms with Crippen LogP contribution in [0.5, 0.6) is 11.5 Å². The van der Waals surface area contributed by atoms with Crippen LogP contribution in [0.15, 0.2) is 53.4 Å². The zero-order valence-electron chi connectivity index (χ0n) is 17.2. The zero-order valence-corrected chi connectivity index (χ0v) is 18.0. The molecule has 9 nitrogen and oxygen atoms in total. The van der Waals surface area contributed by atoms with Crippen molar-refractivity contribution >= 4 is 21.9 Å². The van der Waals surface area contributed by atoms with E-state index >= 15 is 0 Å². The van der Waals surface area contributed by atoms with Gasteiger partial charge in [-0.1, -0.05) is 13.3 Å². The van der Waals surface area contributed by atoms with Gasteiger partial charge in [-0.15, -0.1) is 0 Å². The lowest BCUT2D eigenvalue weighted by molar-refractivity contribution is -0.143. The van der Waals surface area contributed by atoms with Crippen molar-refractivity contribution in [2.24, 2.45) is 5.14 Å². The van der Waals surface area contributed by atoms with Crippen LogP contribution in [-0.2, 0) is 19.6 Å². The Kier molecular flexibility index (Phi) is 9.29. The Balaban J connectivity index is 1.65. The van der Waals surface area contributed by atoms with E-state index in [1.54, 1.807) is 24.3 Å². The fraction of sp³-hybridized carbons (Fsp3) is 0.333. The molecule has 0 aliphatic carbocycles. The number of nitrogens with two attached hydrogens (primary N) is 1. The van der Waals surface area contributed by atoms with Gasteiger partial charge in [-0.2, -0.15) is 0 Å². The van der Waals surface area contributed by atoms with Crippen molar-refractivity contribution in [1.82, 2.24) is 5.32 Å². The van der Waals surface area contributed by atoms with E-state index in [1.807, 2.05) is 0 Å². The van der Waals surface area contributed by atoms with Gasteiger partial charge in [0.15, 0.2) is 0 Å². The molecule has 0 aromatic heterocycles. The molecular weight excluding hydrogens is 424 g/mol. The third kappa shape index (κ3) is 8.65. The van der Waals surface area contributed by atoms with Gasteiger partial charge in [0.05, 0.1) is 11.5 Å². The standard InChI is InChI=1S/C21H26N2O7S/c1-2-3-12-28-17-6-4-16(5-7-17)21(25)23-15-20(24)30-14-13-29-18-8-10-19(11-9-18)31(22,26)27/h4-11H,2-3,12-15H2,1H3,(H,23,25)(H2,22,26,27). The first-order valence-corrected chi connectivity index (χ1v) is 11.3. The molecule has 1 amide bonds. The third-order valence-corrected chi connectivity index (χ3v) is 4.97. The summed E-state index contributed by atoms with van der Waals surface area (Å²) in [5, 5.41) is 7.50. The molecule has 10 heteroatoms. The van der Waals surface area contributed by atoms with Gasteiger partial charge in [0.1, 0.15) is 31.3 Å². The number of carbonyl (C=O) groups excluding carboxylic acids is 2. The van der Waals surface area contributed by atoms with Crippen LogP contribution in [0.1, 0.15) is 30.1 Å². The van der Waals surface area contributed by atoms with Crippen LogP contribution in [0, 0.1) is 0 Å². The van der Waals surface area contributed by atoms with E-state index in [-0.39, 0.29) is 24.7 Å². The number of carbonyl (C=O) groups is 2. The number of primary sulfonamides is 1. The van der Waals surface area contributed by atoms with E-state index in [2.05, 4.69) is 12.2 Å². The lowest BCUT2D eigenvalue weighted by Crippen LogP contribution is -2.31. The first kappa shape index (κ1) is 24.2. The van der Waals surface area contributed by atoms with E-state index < -0.39 is 21.9 Å². The Hall–Kier alpha value is -3.11. The lowest BCUT2D eigenvalue weighted by Gasteiger charge is -2.09. The number of sulfonamides is 1. The van der Waals surface area contributed by atoms with Gasteiger partial charge in [0, 0.05) is 5.56 Å². The Morgan fingerprint density at radius 1 is 0.903 bits per heavy atom. The highest BCUT2D eigenvalue weighted by atomic mass is 32.2. The summed E-state index contributed by atoms with van der Waals surface area (Å²) in [6, 6.07) is 12.2. The molecule has 0 saturated heterocycles. The largest absolute Gasteiger partial charge is 0.494 e. The minimum Gasteiger partial charge on any atom is -0.494 e. The number of benzene rings is 2. The first-order chi connectivity index (χ1) is 14.8. The highest BCUT2D eigenvalue weighted by Crippen LogP contribution is 2.15. The van der Waals surface area contributed by atoms with Crippen LogP contribution in [-0.4, -0.2) is 46.7 Å². The van der Waals surface area contributed by atoms with Crippen molar-refractivity contribution in [3.8, 4) is 11.5 Å². The average Bonchev–Trinajstić information content (AvgIpc) is 2.75. The van der Waals surface area contributed by atoms with Gasteiger partial charge in [-0.3, -0.25) is 9.59 Å². The Bertz CT molecular complexity index is 958. The second kappa shape index (κ2) is 11.9. The maximum Gasteiger partial charge on any atom is 0.325 e. The quantitative estimate of drug-likeness (QED) is 0.372. The van der Waals surface area contributed by atoms with Crippen LogP contribution < -0.4 is 19.9 Å². The molecule has 2 aromatic carbocycles. The predicted molar refractivity (Wildman–Crippen MR) is 113 cm³/mol. The van der Waals surface area contributed by atoms with Gasteiger partial charge >= 0.3 is 5.97 Å². The molecule has 0 bridgehead atoms. The average molecular weight is 451 g/mol. The highest BCUT2D eigenvalue weighted by molar-refractivity contribution is 7.89. The van der Waals surface area contributed by atoms with Gasteiger partial charge < -0.3 is 19.5 Å². The number of esters is 1. The zero-order chi connectivity index (χ0) is 22.7. The third-order valence-electron chi connectivity index (χ3n) is 4.04. The number of nitrogens with one attached hydrogen (secondary N) is 1. The number of rotatable bonds is 12. The van der Waals surface area contributed by atoms with Crippen molar-refractivity contribution in [1.29, 1.82) is 0 Å². The SMILES string of the molecule is CCCCOc1ccc(C(=O)NCC(=O)OCCOc2ccc(S(N)(=O)=O)cc2)cc1. The second-order valence-electron chi connectivity index (χ2n) is 6.49. The van der Waals surface area contributed by atoms with Crippen LogP contribution in [0.3, 0.4) is 0 Å². The molecule has 0 aliphatic rings. The first-order valence-electron chi connectivity index (χ1n) is 9.72. The number of hydrogen-bond acceptors (Lipinski definition) is 7. The minimum atomic E-state index is -3.76. The molecule has 0 heterocycles. The molecule has 0 unspecified atom stereocenters. The number of hydrogen-bond donors (Lipinski definition) is 2. The smallest absolute Gasteiger partial charge is 0.325 e. The van der Waals surface area contributed by atoms with Crippen molar-refractivity contribution < 1.29 is 32.2 Å². The van der Waals surface area contributed by atoms with E-state index in [4.69, 9.17) is 19.3 Å². The lowest BCUT2D eigenvalue weighted by atomic mass is 10.2. The van der Waals surface area contributed by atoms with Gasteiger partial charge in [0.25, 0.3) is 5.91 Å². The number of amides is 1. The van der Waals surface area contributed by atoms with Crippen LogP contribution in [0.4, 0.5) is 0 Å².